The fourth-order valence-electron chi connectivity index (χ4n) is 5.15. The van der Waals surface area contributed by atoms with Gasteiger partial charge >= 0.3 is 0 Å². The Balaban J connectivity index is 1.40. The van der Waals surface area contributed by atoms with E-state index in [1.807, 2.05) is 36.4 Å². The molecule has 210 valence electrons. The van der Waals surface area contributed by atoms with Crippen LogP contribution >= 0.6 is 23.2 Å². The SMILES string of the molecule is CC1C(c2ccc(CCN(CC(=O)Nc3cc(Cl)cc(Cl)c3)C(=O)CCN3CC[C@H](O)C3)cc2)=CC=CC1C#N. The van der Waals surface area contributed by atoms with Crippen molar-refractivity contribution in [2.45, 2.75) is 32.3 Å². The van der Waals surface area contributed by atoms with Crippen LogP contribution in [0.4, 0.5) is 5.69 Å². The van der Waals surface area contributed by atoms with Gasteiger partial charge in [-0.25, -0.2) is 0 Å². The predicted molar refractivity (Wildman–Crippen MR) is 159 cm³/mol. The third-order valence-electron chi connectivity index (χ3n) is 7.45. The monoisotopic (exact) mass is 580 g/mol. The fourth-order valence-corrected chi connectivity index (χ4v) is 5.68. The molecular formula is C31H34Cl2N4O3. The van der Waals surface area contributed by atoms with E-state index in [1.165, 1.54) is 0 Å². The van der Waals surface area contributed by atoms with Gasteiger partial charge in [-0.1, -0.05) is 72.6 Å². The molecule has 2 amide bonds. The Morgan fingerprint density at radius 3 is 2.55 bits per heavy atom. The molecule has 1 aliphatic heterocycles. The average Bonchev–Trinajstić information content (AvgIpc) is 3.34. The molecular weight excluding hydrogens is 547 g/mol. The van der Waals surface area contributed by atoms with E-state index >= 15 is 0 Å². The topological polar surface area (TPSA) is 96.7 Å². The number of allylic oxidation sites excluding steroid dienone is 4. The van der Waals surface area contributed by atoms with Crippen molar-refractivity contribution in [2.24, 2.45) is 11.8 Å². The van der Waals surface area contributed by atoms with Crippen LogP contribution in [0.5, 0.6) is 0 Å². The first-order valence-corrected chi connectivity index (χ1v) is 14.3. The Morgan fingerprint density at radius 1 is 1.18 bits per heavy atom. The summed E-state index contributed by atoms with van der Waals surface area (Å²) in [5, 5.41) is 22.8. The molecule has 1 aliphatic carbocycles. The molecule has 0 radical (unpaired) electrons. The number of nitrogens with zero attached hydrogens (tertiary/aromatic N) is 3. The summed E-state index contributed by atoms with van der Waals surface area (Å²) in [5.74, 6) is -0.486. The fraction of sp³-hybridized carbons (Fsp3) is 0.387. The van der Waals surface area contributed by atoms with E-state index in [0.717, 1.165) is 23.2 Å². The van der Waals surface area contributed by atoms with Gasteiger partial charge in [0.05, 0.1) is 24.6 Å². The number of rotatable bonds is 10. The maximum atomic E-state index is 13.2. The zero-order valence-corrected chi connectivity index (χ0v) is 24.0. The van der Waals surface area contributed by atoms with Gasteiger partial charge in [0.25, 0.3) is 0 Å². The number of aliphatic hydroxyl groups is 1. The van der Waals surface area contributed by atoms with E-state index in [0.29, 0.717) is 48.2 Å². The first-order chi connectivity index (χ1) is 19.2. The smallest absolute Gasteiger partial charge is 0.243 e. The lowest BCUT2D eigenvalue weighted by atomic mass is 9.81. The number of nitriles is 1. The number of amides is 2. The van der Waals surface area contributed by atoms with Crippen molar-refractivity contribution < 1.29 is 14.7 Å². The number of likely N-dealkylation sites (tertiary alicyclic amines) is 1. The molecule has 1 heterocycles. The Kier molecular flexibility index (Phi) is 10.4. The van der Waals surface area contributed by atoms with Crippen molar-refractivity contribution in [1.82, 2.24) is 9.80 Å². The Morgan fingerprint density at radius 2 is 1.90 bits per heavy atom. The van der Waals surface area contributed by atoms with E-state index in [-0.39, 0.29) is 42.7 Å². The zero-order valence-electron chi connectivity index (χ0n) is 22.5. The molecule has 0 bridgehead atoms. The van der Waals surface area contributed by atoms with Gasteiger partial charge in [0.15, 0.2) is 0 Å². The number of hydrogen-bond donors (Lipinski definition) is 2. The van der Waals surface area contributed by atoms with Crippen LogP contribution in [0.15, 0.2) is 60.7 Å². The number of aliphatic hydroxyl groups excluding tert-OH is 1. The Hall–Kier alpha value is -3.15. The summed E-state index contributed by atoms with van der Waals surface area (Å²) in [6, 6.07) is 15.3. The number of anilines is 1. The number of carbonyl (C=O) groups excluding carboxylic acids is 2. The van der Waals surface area contributed by atoms with Crippen molar-refractivity contribution in [3.63, 3.8) is 0 Å². The van der Waals surface area contributed by atoms with Gasteiger partial charge in [0, 0.05) is 54.3 Å². The molecule has 0 aromatic heterocycles. The number of hydrogen-bond acceptors (Lipinski definition) is 5. The molecule has 2 N–H and O–H groups in total. The first-order valence-electron chi connectivity index (χ1n) is 13.5. The van der Waals surface area contributed by atoms with Crippen molar-refractivity contribution in [3.05, 3.63) is 81.9 Å². The molecule has 2 unspecified atom stereocenters. The second kappa shape index (κ2) is 14.0. The molecule has 9 heteroatoms. The summed E-state index contributed by atoms with van der Waals surface area (Å²) >= 11 is 12.1. The van der Waals surface area contributed by atoms with Gasteiger partial charge < -0.3 is 20.2 Å². The number of nitrogens with one attached hydrogen (secondary N) is 1. The standard InChI is InChI=1S/C31H34Cl2N4O3/c1-21-24(18-34)3-2-4-29(21)23-7-5-22(6-8-23)9-14-37(31(40)11-13-36-12-10-28(38)19-36)20-30(39)35-27-16-25(32)15-26(33)17-27/h2-8,15-17,21,24,28,38H,9-14,19-20H2,1H3,(H,35,39)/t21?,24?,28-/m0/s1. The number of halogens is 2. The highest BCUT2D eigenvalue weighted by Crippen LogP contribution is 2.33. The summed E-state index contributed by atoms with van der Waals surface area (Å²) in [6.45, 7) is 4.20. The van der Waals surface area contributed by atoms with Crippen LogP contribution in [-0.2, 0) is 16.0 Å². The molecule has 2 aromatic carbocycles. The average molecular weight is 582 g/mol. The minimum Gasteiger partial charge on any atom is -0.392 e. The highest BCUT2D eigenvalue weighted by atomic mass is 35.5. The second-order valence-corrected chi connectivity index (χ2v) is 11.3. The second-order valence-electron chi connectivity index (χ2n) is 10.4. The quantitative estimate of drug-likeness (QED) is 0.403. The number of β-amino-alcohol motifs (C(OH)–C–C–N with tert-alkyl or cyclic N) is 1. The summed E-state index contributed by atoms with van der Waals surface area (Å²) in [6.07, 6.45) is 7.13. The summed E-state index contributed by atoms with van der Waals surface area (Å²) < 4.78 is 0. The van der Waals surface area contributed by atoms with Crippen LogP contribution in [0.2, 0.25) is 10.0 Å². The lowest BCUT2D eigenvalue weighted by Gasteiger charge is -2.24. The van der Waals surface area contributed by atoms with Crippen LogP contribution < -0.4 is 5.32 Å². The molecule has 1 fully saturated rings. The minimum absolute atomic E-state index is 0.101. The van der Waals surface area contributed by atoms with Gasteiger partial charge in [-0.3, -0.25) is 9.59 Å². The van der Waals surface area contributed by atoms with Crippen LogP contribution in [0.1, 0.15) is 30.9 Å². The van der Waals surface area contributed by atoms with E-state index in [1.54, 1.807) is 23.1 Å². The third kappa shape index (κ3) is 8.18. The van der Waals surface area contributed by atoms with Gasteiger partial charge in [0.1, 0.15) is 0 Å². The van der Waals surface area contributed by atoms with Crippen molar-refractivity contribution in [1.29, 1.82) is 5.26 Å². The summed E-state index contributed by atoms with van der Waals surface area (Å²) in [4.78, 5) is 29.8. The molecule has 7 nitrogen and oxygen atoms in total. The maximum absolute atomic E-state index is 13.2. The van der Waals surface area contributed by atoms with Gasteiger partial charge in [-0.2, -0.15) is 5.26 Å². The molecule has 40 heavy (non-hydrogen) atoms. The Bertz CT molecular complexity index is 1300. The van der Waals surface area contributed by atoms with Gasteiger partial charge in [-0.05, 0) is 47.7 Å². The predicted octanol–water partition coefficient (Wildman–Crippen LogP) is 5.19. The lowest BCUT2D eigenvalue weighted by molar-refractivity contribution is -0.135. The van der Waals surface area contributed by atoms with Crippen molar-refractivity contribution >= 4 is 46.3 Å². The molecule has 3 atom stereocenters. The number of benzene rings is 2. The number of carbonyl (C=O) groups is 2. The minimum atomic E-state index is -0.348. The van der Waals surface area contributed by atoms with E-state index in [2.05, 4.69) is 29.3 Å². The van der Waals surface area contributed by atoms with Gasteiger partial charge in [-0.15, -0.1) is 0 Å². The van der Waals surface area contributed by atoms with E-state index < -0.39 is 0 Å². The van der Waals surface area contributed by atoms with Crippen LogP contribution in [0.3, 0.4) is 0 Å². The van der Waals surface area contributed by atoms with Crippen molar-refractivity contribution in [2.75, 3.05) is 38.0 Å². The highest BCUT2D eigenvalue weighted by molar-refractivity contribution is 6.35. The molecule has 1 saturated heterocycles. The largest absolute Gasteiger partial charge is 0.392 e. The summed E-state index contributed by atoms with van der Waals surface area (Å²) in [5.41, 5.74) is 3.71. The zero-order chi connectivity index (χ0) is 28.6. The highest BCUT2D eigenvalue weighted by Gasteiger charge is 2.24. The molecule has 0 spiro atoms. The molecule has 2 aromatic rings. The Labute approximate surface area is 245 Å². The van der Waals surface area contributed by atoms with Crippen LogP contribution in [-0.4, -0.2) is 65.5 Å². The maximum Gasteiger partial charge on any atom is 0.243 e. The molecule has 2 aliphatic rings. The van der Waals surface area contributed by atoms with E-state index in [4.69, 9.17) is 23.2 Å². The normalized spacial score (nSPS) is 20.6. The van der Waals surface area contributed by atoms with Crippen molar-refractivity contribution in [3.8, 4) is 6.07 Å². The van der Waals surface area contributed by atoms with Crippen LogP contribution in [0, 0.1) is 23.2 Å². The van der Waals surface area contributed by atoms with E-state index in [9.17, 15) is 20.0 Å². The molecule has 0 saturated carbocycles. The lowest BCUT2D eigenvalue weighted by Crippen LogP contribution is -2.40. The third-order valence-corrected chi connectivity index (χ3v) is 7.89. The molecule has 4 rings (SSSR count). The van der Waals surface area contributed by atoms with Crippen LogP contribution in [0.25, 0.3) is 5.57 Å². The van der Waals surface area contributed by atoms with Gasteiger partial charge in [0.2, 0.25) is 11.8 Å². The first kappa shape index (κ1) is 29.8. The summed E-state index contributed by atoms with van der Waals surface area (Å²) in [7, 11) is 0.